The average Bonchev–Trinajstić information content (AvgIpc) is 2.70. The van der Waals surface area contributed by atoms with E-state index >= 15 is 0 Å². The summed E-state index contributed by atoms with van der Waals surface area (Å²) < 4.78 is 5.21. The van der Waals surface area contributed by atoms with Crippen molar-refractivity contribution >= 4 is 41.5 Å². The number of rotatable bonds is 6. The van der Waals surface area contributed by atoms with E-state index < -0.39 is 0 Å². The molecule has 3 rings (SSSR count). The highest BCUT2D eigenvalue weighted by Gasteiger charge is 2.24. The Morgan fingerprint density at radius 3 is 2.83 bits per heavy atom. The Hall–Kier alpha value is -2.49. The Labute approximate surface area is 188 Å². The van der Waals surface area contributed by atoms with Crippen molar-refractivity contribution < 1.29 is 14.6 Å². The van der Waals surface area contributed by atoms with Crippen molar-refractivity contribution in [1.29, 1.82) is 0 Å². The third-order valence-electron chi connectivity index (χ3n) is 4.66. The summed E-state index contributed by atoms with van der Waals surface area (Å²) in [5.74, 6) is 1.57. The lowest BCUT2D eigenvalue weighted by Crippen LogP contribution is -2.40. The van der Waals surface area contributed by atoms with Gasteiger partial charge in [-0.05, 0) is 36.8 Å². The van der Waals surface area contributed by atoms with Crippen molar-refractivity contribution in [3.8, 4) is 11.5 Å². The molecular weight excluding hydrogens is 483 g/mol. The van der Waals surface area contributed by atoms with Crippen LogP contribution in [0.25, 0.3) is 0 Å². The summed E-state index contributed by atoms with van der Waals surface area (Å²) in [6.07, 6.45) is 0.431. The normalized spacial score (nSPS) is 15.6. The summed E-state index contributed by atoms with van der Waals surface area (Å²) in [7, 11) is 1.59. The number of para-hydroxylation sites is 1. The maximum absolute atomic E-state index is 12.0. The molecule has 8 heteroatoms. The van der Waals surface area contributed by atoms with Crippen molar-refractivity contribution in [2.45, 2.75) is 25.8 Å². The van der Waals surface area contributed by atoms with Crippen molar-refractivity contribution in [2.24, 2.45) is 4.99 Å². The fourth-order valence-corrected chi connectivity index (χ4v) is 3.23. The second-order valence-electron chi connectivity index (χ2n) is 6.61. The molecule has 4 N–H and O–H groups in total. The first-order chi connectivity index (χ1) is 13.6. The fraction of sp³-hybridized carbons (Fsp3) is 0.333. The van der Waals surface area contributed by atoms with E-state index in [0.29, 0.717) is 43.3 Å². The minimum Gasteiger partial charge on any atom is -0.508 e. The van der Waals surface area contributed by atoms with Gasteiger partial charge >= 0.3 is 0 Å². The number of nitrogens with one attached hydrogen (secondary N) is 3. The van der Waals surface area contributed by atoms with Gasteiger partial charge in [-0.1, -0.05) is 18.2 Å². The summed E-state index contributed by atoms with van der Waals surface area (Å²) >= 11 is 0. The zero-order valence-electron chi connectivity index (χ0n) is 16.6. The van der Waals surface area contributed by atoms with Gasteiger partial charge in [0.05, 0.1) is 13.7 Å². The maximum Gasteiger partial charge on any atom is 0.225 e. The minimum absolute atomic E-state index is 0. The third-order valence-corrected chi connectivity index (χ3v) is 4.66. The van der Waals surface area contributed by atoms with Gasteiger partial charge in [-0.2, -0.15) is 0 Å². The standard InChI is InChI=1S/C21H26N4O3.HI/c1-3-22-21(24-13-15-10-16(28-2)8-9-19(15)26)23-12-14-11-20(27)25-18-7-5-4-6-17(14)18;/h4-10,14,26H,3,11-13H2,1-2H3,(H,25,27)(H2,22,23,24);1H. The zero-order chi connectivity index (χ0) is 19.9. The van der Waals surface area contributed by atoms with Crippen LogP contribution < -0.4 is 20.7 Å². The predicted octanol–water partition coefficient (Wildman–Crippen LogP) is 3.20. The van der Waals surface area contributed by atoms with Crippen LogP contribution >= 0.6 is 24.0 Å². The van der Waals surface area contributed by atoms with E-state index in [-0.39, 0.29) is 41.6 Å². The maximum atomic E-state index is 12.0. The van der Waals surface area contributed by atoms with E-state index in [0.717, 1.165) is 11.3 Å². The second-order valence-corrected chi connectivity index (χ2v) is 6.61. The van der Waals surface area contributed by atoms with Crippen LogP contribution in [0.4, 0.5) is 5.69 Å². The van der Waals surface area contributed by atoms with Crippen LogP contribution in [0.3, 0.4) is 0 Å². The van der Waals surface area contributed by atoms with Crippen molar-refractivity contribution in [2.75, 3.05) is 25.5 Å². The molecule has 29 heavy (non-hydrogen) atoms. The molecule has 0 aromatic heterocycles. The molecule has 0 saturated heterocycles. The zero-order valence-corrected chi connectivity index (χ0v) is 18.9. The van der Waals surface area contributed by atoms with E-state index in [9.17, 15) is 9.90 Å². The number of benzene rings is 2. The van der Waals surface area contributed by atoms with Crippen LogP contribution in [-0.2, 0) is 11.3 Å². The number of aromatic hydroxyl groups is 1. The number of guanidine groups is 1. The number of halogens is 1. The van der Waals surface area contributed by atoms with Gasteiger partial charge in [0, 0.05) is 36.7 Å². The molecule has 0 bridgehead atoms. The first-order valence-corrected chi connectivity index (χ1v) is 9.37. The molecule has 2 aromatic rings. The van der Waals surface area contributed by atoms with E-state index in [4.69, 9.17) is 4.74 Å². The number of hydrogen-bond acceptors (Lipinski definition) is 4. The van der Waals surface area contributed by atoms with Gasteiger partial charge in [-0.25, -0.2) is 4.99 Å². The molecule has 0 radical (unpaired) electrons. The first-order valence-electron chi connectivity index (χ1n) is 9.37. The summed E-state index contributed by atoms with van der Waals surface area (Å²) in [6, 6.07) is 12.9. The van der Waals surface area contributed by atoms with Crippen LogP contribution in [0.1, 0.15) is 30.4 Å². The average molecular weight is 510 g/mol. The molecular formula is C21H27IN4O3. The Kier molecular flexibility index (Phi) is 8.56. The van der Waals surface area contributed by atoms with Gasteiger partial charge < -0.3 is 25.8 Å². The molecule has 0 spiro atoms. The molecule has 1 aliphatic heterocycles. The van der Waals surface area contributed by atoms with Gasteiger partial charge in [0.2, 0.25) is 5.91 Å². The Morgan fingerprint density at radius 2 is 2.07 bits per heavy atom. The van der Waals surface area contributed by atoms with Crippen molar-refractivity contribution in [1.82, 2.24) is 10.6 Å². The largest absolute Gasteiger partial charge is 0.508 e. The monoisotopic (exact) mass is 510 g/mol. The number of aliphatic imine (C=N–C) groups is 1. The van der Waals surface area contributed by atoms with E-state index in [1.54, 1.807) is 25.3 Å². The lowest BCUT2D eigenvalue weighted by atomic mass is 9.90. The SMILES string of the molecule is CCNC(=NCc1cc(OC)ccc1O)NCC1CC(=O)Nc2ccccc21.I. The molecule has 0 aliphatic carbocycles. The molecule has 7 nitrogen and oxygen atoms in total. The Balaban J connectivity index is 0.00000300. The molecule has 0 fully saturated rings. The summed E-state index contributed by atoms with van der Waals surface area (Å²) in [4.78, 5) is 16.5. The molecule has 1 heterocycles. The molecule has 2 aromatic carbocycles. The summed E-state index contributed by atoms with van der Waals surface area (Å²) in [5.41, 5.74) is 2.67. The lowest BCUT2D eigenvalue weighted by molar-refractivity contribution is -0.116. The van der Waals surface area contributed by atoms with Crippen LogP contribution in [-0.4, -0.2) is 37.2 Å². The third kappa shape index (κ3) is 5.99. The van der Waals surface area contributed by atoms with Crippen LogP contribution in [0.2, 0.25) is 0 Å². The van der Waals surface area contributed by atoms with Gasteiger partial charge in [-0.3, -0.25) is 4.79 Å². The van der Waals surface area contributed by atoms with Gasteiger partial charge in [0.15, 0.2) is 5.96 Å². The molecule has 1 amide bonds. The number of methoxy groups -OCH3 is 1. The van der Waals surface area contributed by atoms with Crippen LogP contribution in [0.5, 0.6) is 11.5 Å². The van der Waals surface area contributed by atoms with E-state index in [1.807, 2.05) is 31.2 Å². The van der Waals surface area contributed by atoms with Gasteiger partial charge in [-0.15, -0.1) is 24.0 Å². The summed E-state index contributed by atoms with van der Waals surface area (Å²) in [5, 5.41) is 19.5. The number of carbonyl (C=O) groups is 1. The smallest absolute Gasteiger partial charge is 0.225 e. The number of hydrogen-bond donors (Lipinski definition) is 4. The molecule has 1 unspecified atom stereocenters. The van der Waals surface area contributed by atoms with Crippen LogP contribution in [0, 0.1) is 0 Å². The molecule has 1 atom stereocenters. The first kappa shape index (κ1) is 22.8. The van der Waals surface area contributed by atoms with Gasteiger partial charge in [0.25, 0.3) is 0 Å². The predicted molar refractivity (Wildman–Crippen MR) is 125 cm³/mol. The Bertz CT molecular complexity index is 873. The quantitative estimate of drug-likeness (QED) is 0.272. The number of ether oxygens (including phenoxy) is 1. The van der Waals surface area contributed by atoms with Crippen molar-refractivity contribution in [3.63, 3.8) is 0 Å². The number of phenolic OH excluding ortho intramolecular Hbond substituents is 1. The fourth-order valence-electron chi connectivity index (χ4n) is 3.23. The minimum atomic E-state index is 0. The number of phenols is 1. The number of anilines is 1. The lowest BCUT2D eigenvalue weighted by Gasteiger charge is -2.26. The highest BCUT2D eigenvalue weighted by Crippen LogP contribution is 2.31. The topological polar surface area (TPSA) is 95.0 Å². The molecule has 0 saturated carbocycles. The van der Waals surface area contributed by atoms with Crippen LogP contribution in [0.15, 0.2) is 47.5 Å². The second kappa shape index (κ2) is 10.9. The Morgan fingerprint density at radius 1 is 1.28 bits per heavy atom. The number of nitrogens with zero attached hydrogens (tertiary/aromatic N) is 1. The summed E-state index contributed by atoms with van der Waals surface area (Å²) in [6.45, 7) is 3.59. The van der Waals surface area contributed by atoms with Gasteiger partial charge in [0.1, 0.15) is 11.5 Å². The van der Waals surface area contributed by atoms with E-state index in [2.05, 4.69) is 20.9 Å². The number of amides is 1. The molecule has 1 aliphatic rings. The highest BCUT2D eigenvalue weighted by atomic mass is 127. The van der Waals surface area contributed by atoms with Crippen molar-refractivity contribution in [3.05, 3.63) is 53.6 Å². The number of fused-ring (bicyclic) bond motifs is 1. The number of carbonyl (C=O) groups excluding carboxylic acids is 1. The molecule has 156 valence electrons. The van der Waals surface area contributed by atoms with E-state index in [1.165, 1.54) is 0 Å². The highest BCUT2D eigenvalue weighted by molar-refractivity contribution is 14.0.